The summed E-state index contributed by atoms with van der Waals surface area (Å²) in [5, 5.41) is 12.3. The lowest BCUT2D eigenvalue weighted by Crippen LogP contribution is -2.35. The number of nitrogens with one attached hydrogen (secondary N) is 1. The highest BCUT2D eigenvalue weighted by atomic mass is 35.5. The molecule has 0 amide bonds. The van der Waals surface area contributed by atoms with Gasteiger partial charge in [-0.2, -0.15) is 0 Å². The molecule has 28 heteroatoms. The Morgan fingerprint density at radius 1 is 0.338 bits per heavy atom. The fraction of sp³-hybridized carbons (Fsp3) is 0.553. The summed E-state index contributed by atoms with van der Waals surface area (Å²) in [6, 6.07) is 30.5. The molecule has 21 rings (SSSR count). The molecule has 5 fully saturated rings. The van der Waals surface area contributed by atoms with Crippen molar-refractivity contribution in [1.82, 2.24) is 54.3 Å². The molecule has 1 N–H and O–H groups in total. The van der Waals surface area contributed by atoms with Gasteiger partial charge in [0.25, 0.3) is 0 Å². The maximum absolute atomic E-state index is 6.68. The number of aryl methyl sites for hydroxylation is 3. The molecular weight excluding hydrogens is 1890 g/mol. The fourth-order valence-electron chi connectivity index (χ4n) is 22.3. The topological polar surface area (TPSA) is 197 Å². The Balaban J connectivity index is 0.000000122. The summed E-state index contributed by atoms with van der Waals surface area (Å²) in [7, 11) is 10.6. The van der Waals surface area contributed by atoms with E-state index in [1.54, 1.807) is 35.5 Å². The molecule has 1 unspecified atom stereocenters. The van der Waals surface area contributed by atoms with Crippen LogP contribution in [-0.4, -0.2) is 246 Å². The number of nitrogens with zero attached hydrogens (tertiary/aromatic N) is 11. The zero-order valence-electron chi connectivity index (χ0n) is 85.4. The predicted octanol–water partition coefficient (Wildman–Crippen LogP) is 24.0. The number of likely N-dealkylation sites (tertiary alicyclic amines) is 5. The standard InChI is InChI=1S/C28H33ClN2O3.C22H30ClN3O2.C22H29ClN2O2.C21H28ClN3O2.C21H27ClN2O2/c1-32-26-17-23-22-11-10-21(34-19-20-8-3-2-4-9-20)16-24(22)28(29)30-25(23)18-27(26)33-15-7-14-31-12-5-6-13-31;1-22(2)8-7-15-20(25-22)16-13-18(27-3)19(14-17(16)24-21(15)23)28-12-6-11-26-9-4-5-10-26;1-22(2)8-10-25(14-22)9-5-11-27-20-13-18-17(12-19(20)26-3)15-6-4-7-16(15)21(23)24-18;1-24-10-6-15-16-12-19(26-2)20(13-18(16)23-21(22)17(15)14-24)27-11-5-9-25-7-3-4-8-25;1-25-19-13-17-15-7-5-8-16(15)21(22)23-18(17)14-20(19)26-12-6-11-24-9-3-2-4-10-24/h2-4,8-9,17-18,21H,5-7,10-16,19H2,1H3;13-14,25H,4-12H2,1-3H3;12-13H,4-11,14H2,1-3H3;12-13H,3-11,14H2,1-2H3;13-14H,2-12H2,1H3. The first-order valence-electron chi connectivity index (χ1n) is 52.4. The molecule has 11 aromatic rings. The monoisotopic (exact) mass is 2030 g/mol. The number of pyridine rings is 5. The lowest BCUT2D eigenvalue weighted by atomic mass is 9.88. The SMILES string of the molecule is COc1cc2c3c(c(Cl)nc2cc1OCCCN1CCC(C)(C)C1)CCC3.COc1cc2c3c(c(Cl)nc2cc1OCCCN1CCCC1)CC(OCc1ccccc1)CC3.COc1cc2c3c(c(Cl)nc2cc1OCCCN1CCCC1)CCC(C)(C)N3.COc1cc2c3c(c(Cl)nc2cc1OCCCN1CCCC1)CN(C)CC3.COc1cc2c3c(c(Cl)nc2cc1OCCCN1CCCCC1)CCC3. The quantitative estimate of drug-likeness (QED) is 0.0301. The first-order chi connectivity index (χ1) is 69.0. The van der Waals surface area contributed by atoms with Crippen molar-refractivity contribution in [2.75, 3.05) is 186 Å². The van der Waals surface area contributed by atoms with Crippen molar-refractivity contribution in [1.29, 1.82) is 0 Å². The van der Waals surface area contributed by atoms with E-state index in [1.165, 1.54) is 169 Å². The Morgan fingerprint density at radius 3 is 1.08 bits per heavy atom. The Kier molecular flexibility index (Phi) is 36.6. The second-order valence-corrected chi connectivity index (χ2v) is 43.2. The van der Waals surface area contributed by atoms with E-state index >= 15 is 0 Å². The highest BCUT2D eigenvalue weighted by Gasteiger charge is 2.34. The van der Waals surface area contributed by atoms with Gasteiger partial charge in [-0.1, -0.05) is 109 Å². The number of halogens is 5. The van der Waals surface area contributed by atoms with Crippen LogP contribution in [0.1, 0.15) is 205 Å². The molecule has 12 heterocycles. The average Bonchev–Trinajstić information content (AvgIpc) is 0.976. The van der Waals surface area contributed by atoms with Crippen molar-refractivity contribution in [3.63, 3.8) is 0 Å². The van der Waals surface area contributed by atoms with Crippen LogP contribution in [0.15, 0.2) is 91.0 Å². The number of fused-ring (bicyclic) bond motifs is 15. The van der Waals surface area contributed by atoms with Crippen LogP contribution in [0.5, 0.6) is 57.5 Å². The third kappa shape index (κ3) is 26.5. The van der Waals surface area contributed by atoms with Crippen molar-refractivity contribution in [2.45, 2.75) is 226 Å². The van der Waals surface area contributed by atoms with Gasteiger partial charge in [0, 0.05) is 133 Å². The van der Waals surface area contributed by atoms with Gasteiger partial charge >= 0.3 is 0 Å². The first kappa shape index (κ1) is 105. The van der Waals surface area contributed by atoms with Gasteiger partial charge in [0.1, 0.15) is 25.8 Å². The number of benzene rings is 6. The van der Waals surface area contributed by atoms with E-state index in [2.05, 4.69) is 126 Å². The summed E-state index contributed by atoms with van der Waals surface area (Å²) in [5.74, 6) is 7.57. The number of ether oxygens (including phenoxy) is 11. The predicted molar refractivity (Wildman–Crippen MR) is 576 cm³/mol. The zero-order chi connectivity index (χ0) is 98.8. The Labute approximate surface area is 865 Å². The second kappa shape index (κ2) is 49.7. The van der Waals surface area contributed by atoms with E-state index in [4.69, 9.17) is 115 Å². The minimum atomic E-state index is 0.0303. The lowest BCUT2D eigenvalue weighted by molar-refractivity contribution is 0.0320. The summed E-state index contributed by atoms with van der Waals surface area (Å²) in [6.07, 6.45) is 30.5. The van der Waals surface area contributed by atoms with Crippen molar-refractivity contribution < 1.29 is 52.1 Å². The molecule has 5 saturated heterocycles. The van der Waals surface area contributed by atoms with Crippen LogP contribution >= 0.6 is 58.0 Å². The molecule has 3 aliphatic carbocycles. The van der Waals surface area contributed by atoms with Gasteiger partial charge in [-0.05, 0) is 321 Å². The normalized spacial score (nSPS) is 18.3. The molecule has 0 saturated carbocycles. The van der Waals surface area contributed by atoms with Gasteiger partial charge in [-0.25, -0.2) is 24.9 Å². The van der Waals surface area contributed by atoms with E-state index in [9.17, 15) is 0 Å². The van der Waals surface area contributed by atoms with Gasteiger partial charge in [0.2, 0.25) is 0 Å². The maximum atomic E-state index is 6.68. The van der Waals surface area contributed by atoms with Gasteiger partial charge < -0.3 is 86.8 Å². The molecule has 10 aliphatic rings. The number of likely N-dealkylation sites (N-methyl/N-ethyl adjacent to an activating group) is 1. The Morgan fingerprint density at radius 2 is 0.683 bits per heavy atom. The van der Waals surface area contributed by atoms with Crippen LogP contribution in [0, 0.1) is 5.41 Å². The fourth-order valence-corrected chi connectivity index (χ4v) is 23.7. The van der Waals surface area contributed by atoms with E-state index in [1.807, 2.05) is 54.6 Å². The van der Waals surface area contributed by atoms with Crippen LogP contribution in [0.3, 0.4) is 0 Å². The largest absolute Gasteiger partial charge is 0.493 e. The van der Waals surface area contributed by atoms with Gasteiger partial charge in [-0.15, -0.1) is 0 Å². The van der Waals surface area contributed by atoms with Crippen LogP contribution in [0.2, 0.25) is 25.8 Å². The van der Waals surface area contributed by atoms with Crippen molar-refractivity contribution in [3.05, 3.63) is 172 Å². The van der Waals surface area contributed by atoms with E-state index in [0.29, 0.717) is 70.8 Å². The minimum Gasteiger partial charge on any atom is -0.493 e. The third-order valence-electron chi connectivity index (χ3n) is 30.1. The van der Waals surface area contributed by atoms with Crippen LogP contribution < -0.4 is 52.7 Å². The number of methoxy groups -OCH3 is 5. The summed E-state index contributed by atoms with van der Waals surface area (Å²) < 4.78 is 64.7. The Bertz CT molecular complexity index is 6130. The summed E-state index contributed by atoms with van der Waals surface area (Å²) in [6.45, 7) is 32.6. The molecule has 0 radical (unpaired) electrons. The summed E-state index contributed by atoms with van der Waals surface area (Å²) in [5.41, 5.74) is 18.1. The molecule has 0 spiro atoms. The number of hydrogen-bond acceptors (Lipinski definition) is 23. The van der Waals surface area contributed by atoms with Crippen LogP contribution in [0.25, 0.3) is 54.5 Å². The highest BCUT2D eigenvalue weighted by molar-refractivity contribution is 6.32. The zero-order valence-corrected chi connectivity index (χ0v) is 89.2. The number of piperidine rings is 1. The van der Waals surface area contributed by atoms with Gasteiger partial charge in [-0.3, -0.25) is 0 Å². The van der Waals surface area contributed by atoms with E-state index in [0.717, 1.165) is 289 Å². The highest BCUT2D eigenvalue weighted by Crippen LogP contribution is 2.47. The van der Waals surface area contributed by atoms with Crippen molar-refractivity contribution in [2.24, 2.45) is 5.41 Å². The molecule has 6 aromatic carbocycles. The third-order valence-corrected chi connectivity index (χ3v) is 31.6. The van der Waals surface area contributed by atoms with Crippen molar-refractivity contribution in [3.8, 4) is 57.5 Å². The number of rotatable bonds is 33. The average molecular weight is 2040 g/mol. The summed E-state index contributed by atoms with van der Waals surface area (Å²) >= 11 is 32.5. The maximum Gasteiger partial charge on any atom is 0.163 e. The smallest absolute Gasteiger partial charge is 0.163 e. The first-order valence-corrected chi connectivity index (χ1v) is 54.3. The molecule has 0 bridgehead atoms. The molecule has 5 aromatic heterocycles. The second-order valence-electron chi connectivity index (χ2n) is 41.4. The van der Waals surface area contributed by atoms with Gasteiger partial charge in [0.05, 0.1) is 115 Å². The molecule has 23 nitrogen and oxygen atoms in total. The van der Waals surface area contributed by atoms with Gasteiger partial charge in [0.15, 0.2) is 57.5 Å². The lowest BCUT2D eigenvalue weighted by Gasteiger charge is -2.34. The molecular formula is C114H147Cl5N12O11. The summed E-state index contributed by atoms with van der Waals surface area (Å²) in [4.78, 5) is 38.1. The molecule has 1 atom stereocenters. The number of hydrogen-bond donors (Lipinski definition) is 1. The molecule has 764 valence electrons. The molecule has 7 aliphatic heterocycles. The van der Waals surface area contributed by atoms with Crippen molar-refractivity contribution >= 4 is 118 Å². The Hall–Kier alpha value is -8.66. The van der Waals surface area contributed by atoms with Crippen LogP contribution in [0.4, 0.5) is 5.69 Å². The minimum absolute atomic E-state index is 0.0303. The number of anilines is 1. The molecule has 142 heavy (non-hydrogen) atoms. The van der Waals surface area contributed by atoms with E-state index < -0.39 is 0 Å². The van der Waals surface area contributed by atoms with E-state index in [-0.39, 0.29) is 11.6 Å². The van der Waals surface area contributed by atoms with Crippen LogP contribution in [-0.2, 0) is 69.3 Å². The number of aromatic nitrogens is 5.